The Kier molecular flexibility index (Phi) is 11.7. The average Bonchev–Trinajstić information content (AvgIpc) is 3.04. The Morgan fingerprint density at radius 2 is 1.56 bits per heavy atom. The van der Waals surface area contributed by atoms with Crippen LogP contribution in [-0.2, 0) is 26.3 Å². The van der Waals surface area contributed by atoms with Gasteiger partial charge < -0.3 is 19.4 Å². The van der Waals surface area contributed by atoms with E-state index in [0.29, 0.717) is 58.2 Å². The van der Waals surface area contributed by atoms with Crippen molar-refractivity contribution >= 4 is 58.2 Å². The van der Waals surface area contributed by atoms with E-state index >= 15 is 0 Å². The molecule has 0 N–H and O–H groups in total. The number of likely N-dealkylation sites (tertiary alicyclic amines) is 2. The number of hydrogen-bond acceptors (Lipinski definition) is 5. The highest BCUT2D eigenvalue weighted by Gasteiger charge is 2.44. The Bertz CT molecular complexity index is 1340. The summed E-state index contributed by atoms with van der Waals surface area (Å²) in [7, 11) is 3.70. The maximum Gasteiger partial charge on any atom is 0.227 e. The first kappa shape index (κ1) is 34.7. The van der Waals surface area contributed by atoms with Gasteiger partial charge in [0.2, 0.25) is 11.8 Å². The molecule has 3 aliphatic heterocycles. The van der Waals surface area contributed by atoms with Crippen molar-refractivity contribution in [2.75, 3.05) is 66.5 Å². The minimum atomic E-state index is -0.755. The second kappa shape index (κ2) is 15.1. The van der Waals surface area contributed by atoms with E-state index in [9.17, 15) is 9.59 Å². The molecule has 2 amide bonds. The van der Waals surface area contributed by atoms with Gasteiger partial charge in [-0.1, -0.05) is 65.0 Å². The molecule has 3 saturated heterocycles. The Morgan fingerprint density at radius 1 is 0.867 bits per heavy atom. The highest BCUT2D eigenvalue weighted by Crippen LogP contribution is 2.39. The van der Waals surface area contributed by atoms with Gasteiger partial charge >= 0.3 is 0 Å². The van der Waals surface area contributed by atoms with Gasteiger partial charge in [-0.2, -0.15) is 0 Å². The highest BCUT2D eigenvalue weighted by molar-refractivity contribution is 6.42. The lowest BCUT2D eigenvalue weighted by Gasteiger charge is -2.51. The first-order valence-corrected chi connectivity index (χ1v) is 17.5. The number of carbonyl (C=O) groups is 2. The largest absolute Gasteiger partial charge is 0.367 e. The molecule has 2 aromatic carbocycles. The summed E-state index contributed by atoms with van der Waals surface area (Å²) in [6.45, 7) is 5.99. The van der Waals surface area contributed by atoms with Gasteiger partial charge in [0.25, 0.3) is 0 Å². The van der Waals surface area contributed by atoms with E-state index in [1.54, 1.807) is 29.2 Å². The van der Waals surface area contributed by atoms with Crippen LogP contribution in [0, 0.1) is 0 Å². The van der Waals surface area contributed by atoms with Gasteiger partial charge in [-0.15, -0.1) is 0 Å². The molecule has 1 unspecified atom stereocenters. The van der Waals surface area contributed by atoms with Crippen molar-refractivity contribution in [3.8, 4) is 0 Å². The van der Waals surface area contributed by atoms with Crippen molar-refractivity contribution in [1.82, 2.24) is 19.6 Å². The summed E-state index contributed by atoms with van der Waals surface area (Å²) >= 11 is 25.6. The van der Waals surface area contributed by atoms with E-state index < -0.39 is 5.60 Å². The molecule has 3 heterocycles. The van der Waals surface area contributed by atoms with Crippen molar-refractivity contribution < 1.29 is 14.3 Å². The molecule has 0 bridgehead atoms. The van der Waals surface area contributed by atoms with Crippen LogP contribution in [-0.4, -0.2) is 103 Å². The smallest absolute Gasteiger partial charge is 0.227 e. The lowest BCUT2D eigenvalue weighted by molar-refractivity contribution is -0.155. The molecule has 1 atom stereocenters. The van der Waals surface area contributed by atoms with E-state index in [4.69, 9.17) is 51.1 Å². The molecule has 246 valence electrons. The number of hydrogen-bond donors (Lipinski definition) is 0. The van der Waals surface area contributed by atoms with Crippen LogP contribution < -0.4 is 0 Å². The number of rotatable bonds is 9. The molecule has 3 fully saturated rings. The predicted molar refractivity (Wildman–Crippen MR) is 183 cm³/mol. The summed E-state index contributed by atoms with van der Waals surface area (Å²) in [4.78, 5) is 35.3. The Labute approximate surface area is 287 Å². The number of morpholine rings is 1. The van der Waals surface area contributed by atoms with Crippen LogP contribution in [0.25, 0.3) is 0 Å². The number of nitrogens with zero attached hydrogens (tertiary/aromatic N) is 4. The van der Waals surface area contributed by atoms with Crippen molar-refractivity contribution in [1.29, 1.82) is 0 Å². The number of piperidine rings is 2. The number of ether oxygens (including phenoxy) is 1. The second-order valence-electron chi connectivity index (χ2n) is 13.0. The standard InChI is InChI=1S/C34H44Cl4N4O3/c1-39(2)32(44)23-33(42-14-4-3-5-15-42)11-16-40(17-12-33)18-13-34(25-9-10-29(37)30(38)21-25)24-41(19-20-45-34)31(43)22-26-27(35)7-6-8-28(26)36/h6-10,21H,3-5,11-20,22-24H2,1-2H3. The van der Waals surface area contributed by atoms with E-state index in [-0.39, 0.29) is 23.8 Å². The molecule has 0 saturated carbocycles. The third-order valence-corrected chi connectivity index (χ3v) is 11.4. The fourth-order valence-corrected chi connectivity index (χ4v) is 7.98. The Hall–Kier alpha value is -1.58. The molecule has 0 radical (unpaired) electrons. The van der Waals surface area contributed by atoms with Gasteiger partial charge in [-0.3, -0.25) is 14.5 Å². The average molecular weight is 699 g/mol. The van der Waals surface area contributed by atoms with Crippen LogP contribution in [0.5, 0.6) is 0 Å². The number of halogens is 4. The topological polar surface area (TPSA) is 56.3 Å². The molecular formula is C34H44Cl4N4O3. The fourth-order valence-electron chi connectivity index (χ4n) is 7.16. The molecular weight excluding hydrogens is 654 g/mol. The van der Waals surface area contributed by atoms with Gasteiger partial charge in [0.1, 0.15) is 5.60 Å². The fraction of sp³-hybridized carbons (Fsp3) is 0.588. The monoisotopic (exact) mass is 696 g/mol. The lowest BCUT2D eigenvalue weighted by Crippen LogP contribution is -2.59. The molecule has 11 heteroatoms. The summed E-state index contributed by atoms with van der Waals surface area (Å²) in [6.07, 6.45) is 6.93. The summed E-state index contributed by atoms with van der Waals surface area (Å²) < 4.78 is 6.60. The van der Waals surface area contributed by atoms with Gasteiger partial charge in [0.05, 0.1) is 29.6 Å². The third kappa shape index (κ3) is 8.11. The summed E-state index contributed by atoms with van der Waals surface area (Å²) in [5.41, 5.74) is 0.691. The van der Waals surface area contributed by atoms with Crippen LogP contribution in [0.15, 0.2) is 36.4 Å². The zero-order valence-electron chi connectivity index (χ0n) is 26.3. The normalized spacial score (nSPS) is 22.8. The first-order valence-electron chi connectivity index (χ1n) is 16.0. The first-order chi connectivity index (χ1) is 21.5. The number of carbonyl (C=O) groups excluding carboxylic acids is 2. The summed E-state index contributed by atoms with van der Waals surface area (Å²) in [5, 5.41) is 1.90. The Morgan fingerprint density at radius 3 is 2.20 bits per heavy atom. The number of benzene rings is 2. The molecule has 45 heavy (non-hydrogen) atoms. The van der Waals surface area contributed by atoms with Crippen LogP contribution in [0.1, 0.15) is 56.1 Å². The lowest BCUT2D eigenvalue weighted by atomic mass is 9.80. The SMILES string of the molecule is CN(C)C(=O)CC1(N2CCCCC2)CCN(CCC2(c3ccc(Cl)c(Cl)c3)CN(C(=O)Cc3c(Cl)cccc3Cl)CCO2)CC1. The minimum Gasteiger partial charge on any atom is -0.367 e. The van der Waals surface area contributed by atoms with Crippen molar-refractivity contribution in [2.45, 2.75) is 62.5 Å². The van der Waals surface area contributed by atoms with Crippen LogP contribution >= 0.6 is 46.4 Å². The molecule has 0 spiro atoms. The van der Waals surface area contributed by atoms with E-state index in [0.717, 1.165) is 51.1 Å². The minimum absolute atomic E-state index is 0.0485. The van der Waals surface area contributed by atoms with Gasteiger partial charge in [-0.25, -0.2) is 0 Å². The molecule has 2 aromatic rings. The molecule has 5 rings (SSSR count). The predicted octanol–water partition coefficient (Wildman–Crippen LogP) is 6.79. The second-order valence-corrected chi connectivity index (χ2v) is 14.6. The van der Waals surface area contributed by atoms with E-state index in [1.807, 2.05) is 31.1 Å². The molecule has 7 nitrogen and oxygen atoms in total. The highest BCUT2D eigenvalue weighted by atomic mass is 35.5. The van der Waals surface area contributed by atoms with Gasteiger partial charge in [0.15, 0.2) is 0 Å². The maximum atomic E-state index is 13.6. The molecule has 3 aliphatic rings. The molecule has 0 aromatic heterocycles. The van der Waals surface area contributed by atoms with Crippen molar-refractivity contribution in [3.63, 3.8) is 0 Å². The van der Waals surface area contributed by atoms with Crippen LogP contribution in [0.4, 0.5) is 0 Å². The summed E-state index contributed by atoms with van der Waals surface area (Å²) in [5.74, 6) is 0.151. The van der Waals surface area contributed by atoms with Gasteiger partial charge in [0, 0.05) is 49.2 Å². The van der Waals surface area contributed by atoms with Crippen LogP contribution in [0.3, 0.4) is 0 Å². The maximum absolute atomic E-state index is 13.6. The van der Waals surface area contributed by atoms with Crippen LogP contribution in [0.2, 0.25) is 20.1 Å². The summed E-state index contributed by atoms with van der Waals surface area (Å²) in [6, 6.07) is 10.9. The zero-order chi connectivity index (χ0) is 32.2. The zero-order valence-corrected chi connectivity index (χ0v) is 29.3. The quantitative estimate of drug-likeness (QED) is 0.289. The van der Waals surface area contributed by atoms with Crippen molar-refractivity contribution in [2.24, 2.45) is 0 Å². The van der Waals surface area contributed by atoms with Crippen molar-refractivity contribution in [3.05, 3.63) is 67.6 Å². The van der Waals surface area contributed by atoms with E-state index in [2.05, 4.69) is 9.80 Å². The van der Waals surface area contributed by atoms with E-state index in [1.165, 1.54) is 19.3 Å². The molecule has 0 aliphatic carbocycles. The third-order valence-electron chi connectivity index (χ3n) is 10.00. The number of amides is 2. The van der Waals surface area contributed by atoms with Gasteiger partial charge in [-0.05, 0) is 93.7 Å². The Balaban J connectivity index is 1.32.